The van der Waals surface area contributed by atoms with Crippen molar-refractivity contribution in [2.24, 2.45) is 5.92 Å². The molecule has 1 unspecified atom stereocenters. The van der Waals surface area contributed by atoms with Gasteiger partial charge in [-0.25, -0.2) is 0 Å². The summed E-state index contributed by atoms with van der Waals surface area (Å²) >= 11 is 3.44. The van der Waals surface area contributed by atoms with Crippen LogP contribution in [0.3, 0.4) is 0 Å². The molecule has 1 aromatic rings. The van der Waals surface area contributed by atoms with Crippen molar-refractivity contribution in [1.82, 2.24) is 0 Å². The van der Waals surface area contributed by atoms with Gasteiger partial charge in [-0.1, -0.05) is 41.3 Å². The van der Waals surface area contributed by atoms with Gasteiger partial charge in [-0.05, 0) is 42.5 Å². The second-order valence-electron chi connectivity index (χ2n) is 4.55. The lowest BCUT2D eigenvalue weighted by Gasteiger charge is -2.28. The van der Waals surface area contributed by atoms with Crippen molar-refractivity contribution in [3.05, 3.63) is 33.8 Å². The van der Waals surface area contributed by atoms with E-state index in [1.54, 1.807) is 0 Å². The average Bonchev–Trinajstić information content (AvgIpc) is 2.11. The van der Waals surface area contributed by atoms with Crippen molar-refractivity contribution in [3.63, 3.8) is 0 Å². The fourth-order valence-corrected chi connectivity index (χ4v) is 2.66. The van der Waals surface area contributed by atoms with Crippen LogP contribution in [-0.4, -0.2) is 5.11 Å². The topological polar surface area (TPSA) is 20.2 Å². The van der Waals surface area contributed by atoms with E-state index in [1.165, 1.54) is 24.8 Å². The zero-order valence-electron chi connectivity index (χ0n) is 9.04. The van der Waals surface area contributed by atoms with Crippen LogP contribution in [0.15, 0.2) is 22.7 Å². The fraction of sp³-hybridized carbons (Fsp3) is 0.538. The minimum atomic E-state index is -0.275. The third kappa shape index (κ3) is 2.61. The first-order valence-corrected chi connectivity index (χ1v) is 6.40. The predicted octanol–water partition coefficient (Wildman–Crippen LogP) is 3.98. The zero-order chi connectivity index (χ0) is 10.8. The highest BCUT2D eigenvalue weighted by molar-refractivity contribution is 9.10. The van der Waals surface area contributed by atoms with Gasteiger partial charge in [0.05, 0.1) is 6.10 Å². The first kappa shape index (κ1) is 11.2. The quantitative estimate of drug-likeness (QED) is 0.879. The van der Waals surface area contributed by atoms with Crippen LogP contribution in [0.1, 0.15) is 42.9 Å². The van der Waals surface area contributed by atoms with E-state index in [1.807, 2.05) is 12.1 Å². The molecule has 0 bridgehead atoms. The number of halogens is 1. The Morgan fingerprint density at radius 1 is 1.47 bits per heavy atom. The van der Waals surface area contributed by atoms with E-state index in [2.05, 4.69) is 28.9 Å². The molecule has 0 amide bonds. The Kier molecular flexibility index (Phi) is 3.47. The summed E-state index contributed by atoms with van der Waals surface area (Å²) in [6, 6.07) is 6.11. The molecule has 1 aromatic carbocycles. The Bertz CT molecular complexity index is 344. The van der Waals surface area contributed by atoms with Gasteiger partial charge in [-0.2, -0.15) is 0 Å². The summed E-state index contributed by atoms with van der Waals surface area (Å²) < 4.78 is 1.08. The van der Waals surface area contributed by atoms with Crippen LogP contribution < -0.4 is 0 Å². The van der Waals surface area contributed by atoms with Gasteiger partial charge in [0.25, 0.3) is 0 Å². The van der Waals surface area contributed by atoms with Crippen molar-refractivity contribution in [2.45, 2.75) is 38.7 Å². The van der Waals surface area contributed by atoms with Gasteiger partial charge >= 0.3 is 0 Å². The summed E-state index contributed by atoms with van der Waals surface area (Å²) in [6.45, 7) is 2.06. The number of aliphatic hydroxyl groups excluding tert-OH is 1. The van der Waals surface area contributed by atoms with Gasteiger partial charge in [-0.3, -0.25) is 0 Å². The van der Waals surface area contributed by atoms with E-state index in [-0.39, 0.29) is 6.10 Å². The maximum Gasteiger partial charge on any atom is 0.0795 e. The Labute approximate surface area is 99.6 Å². The van der Waals surface area contributed by atoms with Gasteiger partial charge in [0.1, 0.15) is 0 Å². The fourth-order valence-electron chi connectivity index (χ4n) is 2.18. The molecule has 2 heteroatoms. The van der Waals surface area contributed by atoms with Gasteiger partial charge in [0.15, 0.2) is 0 Å². The molecule has 0 aromatic heterocycles. The van der Waals surface area contributed by atoms with Crippen LogP contribution in [0.2, 0.25) is 0 Å². The number of rotatable bonds is 3. The SMILES string of the molecule is Cc1cc(Br)ccc1C(O)CC1CCC1. The molecule has 1 atom stereocenters. The van der Waals surface area contributed by atoms with Gasteiger partial charge in [0.2, 0.25) is 0 Å². The van der Waals surface area contributed by atoms with Crippen LogP contribution in [-0.2, 0) is 0 Å². The lowest BCUT2D eigenvalue weighted by atomic mass is 9.80. The maximum atomic E-state index is 10.1. The Hall–Kier alpha value is -0.340. The van der Waals surface area contributed by atoms with Crippen molar-refractivity contribution in [3.8, 4) is 0 Å². The monoisotopic (exact) mass is 268 g/mol. The highest BCUT2D eigenvalue weighted by atomic mass is 79.9. The van der Waals surface area contributed by atoms with E-state index in [0.717, 1.165) is 22.4 Å². The summed E-state index contributed by atoms with van der Waals surface area (Å²) in [5.41, 5.74) is 2.27. The van der Waals surface area contributed by atoms with Crippen LogP contribution in [0.4, 0.5) is 0 Å². The van der Waals surface area contributed by atoms with E-state index in [4.69, 9.17) is 0 Å². The first-order chi connectivity index (χ1) is 7.16. The molecule has 1 nitrogen and oxygen atoms in total. The molecule has 1 saturated carbocycles. The minimum Gasteiger partial charge on any atom is -0.388 e. The number of hydrogen-bond donors (Lipinski definition) is 1. The molecule has 82 valence electrons. The number of benzene rings is 1. The summed E-state index contributed by atoms with van der Waals surface area (Å²) in [5, 5.41) is 10.1. The Morgan fingerprint density at radius 2 is 2.20 bits per heavy atom. The molecular formula is C13H17BrO. The molecule has 0 radical (unpaired) electrons. The second-order valence-corrected chi connectivity index (χ2v) is 5.47. The van der Waals surface area contributed by atoms with Crippen LogP contribution in [0.25, 0.3) is 0 Å². The number of aliphatic hydroxyl groups is 1. The molecule has 15 heavy (non-hydrogen) atoms. The van der Waals surface area contributed by atoms with Crippen LogP contribution >= 0.6 is 15.9 Å². The molecule has 0 aliphatic heterocycles. The predicted molar refractivity (Wildman–Crippen MR) is 65.8 cm³/mol. The molecule has 1 aliphatic rings. The Morgan fingerprint density at radius 3 is 2.73 bits per heavy atom. The third-order valence-electron chi connectivity index (χ3n) is 3.37. The summed E-state index contributed by atoms with van der Waals surface area (Å²) in [4.78, 5) is 0. The Balaban J connectivity index is 2.06. The smallest absolute Gasteiger partial charge is 0.0795 e. The molecule has 2 rings (SSSR count). The standard InChI is InChI=1S/C13H17BrO/c1-9-7-11(14)5-6-12(9)13(15)8-10-3-2-4-10/h5-7,10,13,15H,2-4,8H2,1H3. The normalized spacial score (nSPS) is 18.6. The molecular weight excluding hydrogens is 252 g/mol. The highest BCUT2D eigenvalue weighted by Gasteiger charge is 2.22. The zero-order valence-corrected chi connectivity index (χ0v) is 10.6. The summed E-state index contributed by atoms with van der Waals surface area (Å²) in [5.74, 6) is 0.753. The van der Waals surface area contributed by atoms with Gasteiger partial charge in [-0.15, -0.1) is 0 Å². The lowest BCUT2D eigenvalue weighted by molar-refractivity contribution is 0.118. The van der Waals surface area contributed by atoms with Crippen molar-refractivity contribution < 1.29 is 5.11 Å². The highest BCUT2D eigenvalue weighted by Crippen LogP contribution is 2.35. The summed E-state index contributed by atoms with van der Waals surface area (Å²) in [7, 11) is 0. The maximum absolute atomic E-state index is 10.1. The summed E-state index contributed by atoms with van der Waals surface area (Å²) in [6.07, 6.45) is 4.60. The van der Waals surface area contributed by atoms with E-state index < -0.39 is 0 Å². The minimum absolute atomic E-state index is 0.275. The first-order valence-electron chi connectivity index (χ1n) is 5.61. The molecule has 1 N–H and O–H groups in total. The van der Waals surface area contributed by atoms with E-state index >= 15 is 0 Å². The molecule has 0 heterocycles. The largest absolute Gasteiger partial charge is 0.388 e. The second kappa shape index (κ2) is 4.67. The van der Waals surface area contributed by atoms with Gasteiger partial charge in [0, 0.05) is 4.47 Å². The van der Waals surface area contributed by atoms with Crippen LogP contribution in [0, 0.1) is 12.8 Å². The van der Waals surface area contributed by atoms with E-state index in [0.29, 0.717) is 0 Å². The lowest BCUT2D eigenvalue weighted by Crippen LogP contribution is -2.15. The van der Waals surface area contributed by atoms with Crippen molar-refractivity contribution in [2.75, 3.05) is 0 Å². The molecule has 0 saturated heterocycles. The van der Waals surface area contributed by atoms with E-state index in [9.17, 15) is 5.11 Å². The van der Waals surface area contributed by atoms with Crippen molar-refractivity contribution >= 4 is 15.9 Å². The number of aryl methyl sites for hydroxylation is 1. The van der Waals surface area contributed by atoms with Crippen LogP contribution in [0.5, 0.6) is 0 Å². The van der Waals surface area contributed by atoms with Crippen molar-refractivity contribution in [1.29, 1.82) is 0 Å². The third-order valence-corrected chi connectivity index (χ3v) is 3.87. The average molecular weight is 269 g/mol. The molecule has 1 fully saturated rings. The molecule has 0 spiro atoms. The van der Waals surface area contributed by atoms with Gasteiger partial charge < -0.3 is 5.11 Å². The number of hydrogen-bond acceptors (Lipinski definition) is 1. The molecule has 1 aliphatic carbocycles.